The number of aryl methyl sites for hydroxylation is 1. The lowest BCUT2D eigenvalue weighted by Gasteiger charge is -2.21. The zero-order chi connectivity index (χ0) is 18.9. The lowest BCUT2D eigenvalue weighted by molar-refractivity contribution is 0.0276. The van der Waals surface area contributed by atoms with E-state index < -0.39 is 0 Å². The number of nitrogens with zero attached hydrogens (tertiary/aromatic N) is 2. The van der Waals surface area contributed by atoms with Crippen molar-refractivity contribution in [2.45, 2.75) is 51.6 Å². The van der Waals surface area contributed by atoms with Crippen LogP contribution in [-0.4, -0.2) is 35.3 Å². The molecule has 3 rings (SSSR count). The maximum Gasteiger partial charge on any atom is 0.319 e. The van der Waals surface area contributed by atoms with Gasteiger partial charge in [-0.2, -0.15) is 0 Å². The summed E-state index contributed by atoms with van der Waals surface area (Å²) in [5.74, 6) is 0.721. The van der Waals surface area contributed by atoms with Crippen LogP contribution in [0.4, 0.5) is 10.5 Å². The smallest absolute Gasteiger partial charge is 0.319 e. The molecule has 1 heterocycles. The predicted molar refractivity (Wildman–Crippen MR) is 107 cm³/mol. The van der Waals surface area contributed by atoms with Crippen molar-refractivity contribution in [1.82, 2.24) is 15.3 Å². The minimum absolute atomic E-state index is 0.205. The second kappa shape index (κ2) is 10.0. The SMILES string of the molecule is Cc1nccc(-c2cccc(NC(=O)NCCCOC3CCCCC3)c2)n1. The van der Waals surface area contributed by atoms with Crippen molar-refractivity contribution in [3.63, 3.8) is 0 Å². The molecule has 6 heteroatoms. The van der Waals surface area contributed by atoms with Crippen LogP contribution in [0.2, 0.25) is 0 Å². The Morgan fingerprint density at radius 1 is 1.22 bits per heavy atom. The highest BCUT2D eigenvalue weighted by Crippen LogP contribution is 2.21. The van der Waals surface area contributed by atoms with Crippen LogP contribution in [0.15, 0.2) is 36.5 Å². The molecule has 144 valence electrons. The molecule has 1 aromatic heterocycles. The van der Waals surface area contributed by atoms with E-state index in [1.54, 1.807) is 6.20 Å². The van der Waals surface area contributed by atoms with Gasteiger partial charge in [0.2, 0.25) is 0 Å². The van der Waals surface area contributed by atoms with Gasteiger partial charge in [-0.25, -0.2) is 14.8 Å². The average Bonchev–Trinajstić information content (AvgIpc) is 2.69. The summed E-state index contributed by atoms with van der Waals surface area (Å²) >= 11 is 0. The highest BCUT2D eigenvalue weighted by molar-refractivity contribution is 5.90. The van der Waals surface area contributed by atoms with Crippen LogP contribution >= 0.6 is 0 Å². The molecule has 0 saturated heterocycles. The molecule has 6 nitrogen and oxygen atoms in total. The van der Waals surface area contributed by atoms with Crippen LogP contribution in [0.3, 0.4) is 0 Å². The third-order valence-corrected chi connectivity index (χ3v) is 4.70. The molecule has 0 aliphatic heterocycles. The number of carbonyl (C=O) groups excluding carboxylic acids is 1. The molecule has 1 aromatic carbocycles. The van der Waals surface area contributed by atoms with E-state index in [4.69, 9.17) is 4.74 Å². The summed E-state index contributed by atoms with van der Waals surface area (Å²) in [6.45, 7) is 3.16. The summed E-state index contributed by atoms with van der Waals surface area (Å²) < 4.78 is 5.87. The van der Waals surface area contributed by atoms with Gasteiger partial charge in [-0.15, -0.1) is 0 Å². The standard InChI is InChI=1S/C21H28N4O2/c1-16-22-13-11-20(24-16)17-7-5-8-18(15-17)25-21(26)23-12-6-14-27-19-9-3-2-4-10-19/h5,7-8,11,13,15,19H,2-4,6,9-10,12,14H2,1H3,(H2,23,25,26). The molecule has 27 heavy (non-hydrogen) atoms. The van der Waals surface area contributed by atoms with E-state index in [1.165, 1.54) is 32.1 Å². The third kappa shape index (κ3) is 6.32. The third-order valence-electron chi connectivity index (χ3n) is 4.70. The fourth-order valence-corrected chi connectivity index (χ4v) is 3.30. The molecule has 0 unspecified atom stereocenters. The van der Waals surface area contributed by atoms with Gasteiger partial charge in [-0.05, 0) is 44.4 Å². The molecule has 1 aliphatic rings. The first-order valence-electron chi connectivity index (χ1n) is 9.77. The number of anilines is 1. The average molecular weight is 368 g/mol. The summed E-state index contributed by atoms with van der Waals surface area (Å²) in [6, 6.07) is 9.30. The zero-order valence-electron chi connectivity index (χ0n) is 15.9. The first kappa shape index (κ1) is 19.3. The molecule has 0 atom stereocenters. The van der Waals surface area contributed by atoms with E-state index in [2.05, 4.69) is 20.6 Å². The fraction of sp³-hybridized carbons (Fsp3) is 0.476. The van der Waals surface area contributed by atoms with Crippen molar-refractivity contribution in [1.29, 1.82) is 0 Å². The molecule has 1 fully saturated rings. The normalized spacial score (nSPS) is 14.7. The number of rotatable bonds is 7. The minimum Gasteiger partial charge on any atom is -0.378 e. The van der Waals surface area contributed by atoms with Gasteiger partial charge in [-0.1, -0.05) is 31.4 Å². The second-order valence-corrected chi connectivity index (χ2v) is 6.94. The monoisotopic (exact) mass is 368 g/mol. The van der Waals surface area contributed by atoms with Gasteiger partial charge >= 0.3 is 6.03 Å². The Hall–Kier alpha value is -2.47. The Labute approximate surface area is 160 Å². The summed E-state index contributed by atoms with van der Waals surface area (Å²) in [5, 5.41) is 5.75. The maximum absolute atomic E-state index is 12.1. The van der Waals surface area contributed by atoms with Crippen LogP contribution < -0.4 is 10.6 Å². The Morgan fingerprint density at radius 3 is 2.89 bits per heavy atom. The lowest BCUT2D eigenvalue weighted by Crippen LogP contribution is -2.30. The van der Waals surface area contributed by atoms with Crippen molar-refractivity contribution in [2.75, 3.05) is 18.5 Å². The molecule has 0 bridgehead atoms. The Balaban J connectivity index is 1.40. The molecule has 0 radical (unpaired) electrons. The first-order chi connectivity index (χ1) is 13.2. The number of urea groups is 1. The molecular formula is C21H28N4O2. The van der Waals surface area contributed by atoms with E-state index in [1.807, 2.05) is 37.3 Å². The molecule has 0 spiro atoms. The van der Waals surface area contributed by atoms with Gasteiger partial charge in [0.25, 0.3) is 0 Å². The second-order valence-electron chi connectivity index (χ2n) is 6.94. The van der Waals surface area contributed by atoms with E-state index >= 15 is 0 Å². The lowest BCUT2D eigenvalue weighted by atomic mass is 9.98. The van der Waals surface area contributed by atoms with Crippen LogP contribution in [0, 0.1) is 6.92 Å². The Morgan fingerprint density at radius 2 is 2.07 bits per heavy atom. The molecule has 1 aliphatic carbocycles. The summed E-state index contributed by atoms with van der Waals surface area (Å²) in [5.41, 5.74) is 2.52. The number of aromatic nitrogens is 2. The highest BCUT2D eigenvalue weighted by atomic mass is 16.5. The quantitative estimate of drug-likeness (QED) is 0.714. The number of hydrogen-bond acceptors (Lipinski definition) is 4. The highest BCUT2D eigenvalue weighted by Gasteiger charge is 2.13. The van der Waals surface area contributed by atoms with E-state index in [0.29, 0.717) is 19.3 Å². The number of nitrogens with one attached hydrogen (secondary N) is 2. The van der Waals surface area contributed by atoms with Crippen molar-refractivity contribution < 1.29 is 9.53 Å². The number of carbonyl (C=O) groups is 1. The predicted octanol–water partition coefficient (Wildman–Crippen LogP) is 4.31. The van der Waals surface area contributed by atoms with Crippen LogP contribution in [0.5, 0.6) is 0 Å². The summed E-state index contributed by atoms with van der Waals surface area (Å²) in [7, 11) is 0. The van der Waals surface area contributed by atoms with E-state index in [0.717, 1.165) is 29.2 Å². The van der Waals surface area contributed by atoms with Gasteiger partial charge in [0.1, 0.15) is 5.82 Å². The van der Waals surface area contributed by atoms with E-state index in [-0.39, 0.29) is 6.03 Å². The van der Waals surface area contributed by atoms with Crippen molar-refractivity contribution in [3.8, 4) is 11.3 Å². The number of benzene rings is 1. The molecular weight excluding hydrogens is 340 g/mol. The topological polar surface area (TPSA) is 76.1 Å². The summed E-state index contributed by atoms with van der Waals surface area (Å²) in [6.07, 6.45) is 9.22. The number of hydrogen-bond donors (Lipinski definition) is 2. The largest absolute Gasteiger partial charge is 0.378 e. The molecule has 2 aromatic rings. The number of amides is 2. The zero-order valence-corrected chi connectivity index (χ0v) is 15.9. The van der Waals surface area contributed by atoms with Gasteiger partial charge < -0.3 is 15.4 Å². The van der Waals surface area contributed by atoms with Crippen molar-refractivity contribution in [2.24, 2.45) is 0 Å². The van der Waals surface area contributed by atoms with Crippen LogP contribution in [0.25, 0.3) is 11.3 Å². The van der Waals surface area contributed by atoms with Gasteiger partial charge in [0.05, 0.1) is 11.8 Å². The molecule has 1 saturated carbocycles. The van der Waals surface area contributed by atoms with Crippen molar-refractivity contribution in [3.05, 3.63) is 42.4 Å². The molecule has 2 amide bonds. The van der Waals surface area contributed by atoms with Gasteiger partial charge in [0.15, 0.2) is 0 Å². The minimum atomic E-state index is -0.205. The number of ether oxygens (including phenoxy) is 1. The van der Waals surface area contributed by atoms with Crippen LogP contribution in [0.1, 0.15) is 44.3 Å². The van der Waals surface area contributed by atoms with E-state index in [9.17, 15) is 4.79 Å². The summed E-state index contributed by atoms with van der Waals surface area (Å²) in [4.78, 5) is 20.6. The Kier molecular flexibility index (Phi) is 7.16. The van der Waals surface area contributed by atoms with Gasteiger partial charge in [-0.3, -0.25) is 0 Å². The van der Waals surface area contributed by atoms with Crippen LogP contribution in [-0.2, 0) is 4.74 Å². The van der Waals surface area contributed by atoms with Gasteiger partial charge in [0, 0.05) is 30.6 Å². The fourth-order valence-electron chi connectivity index (χ4n) is 3.30. The first-order valence-corrected chi connectivity index (χ1v) is 9.77. The van der Waals surface area contributed by atoms with Crippen molar-refractivity contribution >= 4 is 11.7 Å². The molecule has 2 N–H and O–H groups in total. The Bertz CT molecular complexity index is 744. The maximum atomic E-state index is 12.1.